The zero-order valence-corrected chi connectivity index (χ0v) is 8.63. The number of aliphatic hydroxyl groups excluding tert-OH is 1. The van der Waals surface area contributed by atoms with Crippen LogP contribution in [-0.4, -0.2) is 36.8 Å². The highest BCUT2D eigenvalue weighted by Crippen LogP contribution is 1.99. The van der Waals surface area contributed by atoms with Gasteiger partial charge in [0.1, 0.15) is 0 Å². The summed E-state index contributed by atoms with van der Waals surface area (Å²) in [6.45, 7) is 6.97. The van der Waals surface area contributed by atoms with Crippen LogP contribution in [0.4, 0.5) is 0 Å². The number of hydrogen-bond donors (Lipinski definition) is 3. The summed E-state index contributed by atoms with van der Waals surface area (Å²) in [6, 6.07) is -0.133. The topological polar surface area (TPSA) is 61.4 Å². The lowest BCUT2D eigenvalue weighted by molar-refractivity contribution is -0.121. The van der Waals surface area contributed by atoms with Crippen LogP contribution in [0, 0.1) is 5.92 Å². The third-order valence-corrected chi connectivity index (χ3v) is 1.88. The van der Waals surface area contributed by atoms with Gasteiger partial charge in [-0.1, -0.05) is 20.8 Å². The molecule has 0 spiro atoms. The summed E-state index contributed by atoms with van der Waals surface area (Å²) in [4.78, 5) is 11.2. The summed E-state index contributed by atoms with van der Waals surface area (Å²) in [5, 5.41) is 14.6. The van der Waals surface area contributed by atoms with Crippen molar-refractivity contribution < 1.29 is 9.90 Å². The van der Waals surface area contributed by atoms with Crippen molar-refractivity contribution in [2.24, 2.45) is 5.92 Å². The first-order valence-electron chi connectivity index (χ1n) is 4.72. The quantitative estimate of drug-likeness (QED) is 0.537. The predicted molar refractivity (Wildman–Crippen MR) is 52.4 cm³/mol. The average molecular weight is 188 g/mol. The van der Waals surface area contributed by atoms with E-state index in [1.165, 1.54) is 0 Å². The van der Waals surface area contributed by atoms with Crippen LogP contribution < -0.4 is 10.6 Å². The van der Waals surface area contributed by atoms with Crippen molar-refractivity contribution in [2.75, 3.05) is 19.7 Å². The molecule has 4 heteroatoms. The Morgan fingerprint density at radius 1 is 1.46 bits per heavy atom. The molecule has 4 nitrogen and oxygen atoms in total. The van der Waals surface area contributed by atoms with Crippen molar-refractivity contribution in [3.8, 4) is 0 Å². The smallest absolute Gasteiger partial charge is 0.234 e. The molecule has 0 rings (SSSR count). The van der Waals surface area contributed by atoms with Gasteiger partial charge in [-0.2, -0.15) is 0 Å². The molecule has 0 aliphatic rings. The van der Waals surface area contributed by atoms with E-state index in [1.54, 1.807) is 0 Å². The molecule has 1 amide bonds. The molecule has 0 aromatic rings. The molecule has 1 atom stereocenters. The Bertz CT molecular complexity index is 149. The van der Waals surface area contributed by atoms with Crippen LogP contribution in [0.2, 0.25) is 0 Å². The Hall–Kier alpha value is -0.610. The normalized spacial score (nSPS) is 13.0. The third-order valence-electron chi connectivity index (χ3n) is 1.88. The number of nitrogens with one attached hydrogen (secondary N) is 2. The monoisotopic (exact) mass is 188 g/mol. The van der Waals surface area contributed by atoms with E-state index in [4.69, 9.17) is 5.11 Å². The van der Waals surface area contributed by atoms with Crippen molar-refractivity contribution in [1.29, 1.82) is 0 Å². The predicted octanol–water partition coefficient (Wildman–Crippen LogP) is -0.271. The molecule has 0 aliphatic carbocycles. The van der Waals surface area contributed by atoms with Crippen LogP contribution in [-0.2, 0) is 4.79 Å². The highest BCUT2D eigenvalue weighted by molar-refractivity contribution is 5.78. The Labute approximate surface area is 79.7 Å². The number of carbonyl (C=O) groups is 1. The maximum atomic E-state index is 11.2. The molecule has 0 aromatic carbocycles. The first kappa shape index (κ1) is 12.4. The first-order chi connectivity index (χ1) is 6.11. The van der Waals surface area contributed by atoms with E-state index in [-0.39, 0.29) is 24.5 Å². The zero-order chi connectivity index (χ0) is 10.3. The van der Waals surface area contributed by atoms with E-state index < -0.39 is 0 Å². The minimum Gasteiger partial charge on any atom is -0.394 e. The molecule has 0 bridgehead atoms. The van der Waals surface area contributed by atoms with Gasteiger partial charge in [0.15, 0.2) is 0 Å². The average Bonchev–Trinajstić information content (AvgIpc) is 2.10. The Morgan fingerprint density at radius 2 is 2.08 bits per heavy atom. The van der Waals surface area contributed by atoms with E-state index in [1.807, 2.05) is 20.8 Å². The molecular formula is C9H20N2O2. The van der Waals surface area contributed by atoms with Crippen LogP contribution in [0.5, 0.6) is 0 Å². The molecule has 0 aromatic heterocycles. The Morgan fingerprint density at radius 3 is 2.46 bits per heavy atom. The maximum Gasteiger partial charge on any atom is 0.234 e. The van der Waals surface area contributed by atoms with E-state index >= 15 is 0 Å². The number of rotatable bonds is 6. The maximum absolute atomic E-state index is 11.2. The van der Waals surface area contributed by atoms with Crippen molar-refractivity contribution in [3.63, 3.8) is 0 Å². The van der Waals surface area contributed by atoms with Gasteiger partial charge in [0.05, 0.1) is 19.2 Å². The van der Waals surface area contributed by atoms with Gasteiger partial charge in [-0.3, -0.25) is 4.79 Å². The minimum absolute atomic E-state index is 0.00443. The molecule has 0 saturated heterocycles. The van der Waals surface area contributed by atoms with Crippen molar-refractivity contribution in [1.82, 2.24) is 10.6 Å². The highest BCUT2D eigenvalue weighted by Gasteiger charge is 2.13. The first-order valence-corrected chi connectivity index (χ1v) is 4.72. The fraction of sp³-hybridized carbons (Fsp3) is 0.889. The molecule has 0 aliphatic heterocycles. The van der Waals surface area contributed by atoms with Gasteiger partial charge < -0.3 is 15.7 Å². The van der Waals surface area contributed by atoms with Crippen LogP contribution >= 0.6 is 0 Å². The largest absolute Gasteiger partial charge is 0.394 e. The standard InChI is InChI=1S/C9H20N2O2/c1-4-10-5-9(13)11-8(6-12)7(2)3/h7-8,10,12H,4-6H2,1-3H3,(H,11,13). The number of carbonyl (C=O) groups excluding carboxylic acids is 1. The lowest BCUT2D eigenvalue weighted by Gasteiger charge is -2.19. The minimum atomic E-state index is -0.133. The molecule has 3 N–H and O–H groups in total. The number of likely N-dealkylation sites (N-methyl/N-ethyl adjacent to an activating group) is 1. The zero-order valence-electron chi connectivity index (χ0n) is 8.63. The summed E-state index contributed by atoms with van der Waals surface area (Å²) in [6.07, 6.45) is 0. The second-order valence-corrected chi connectivity index (χ2v) is 3.38. The van der Waals surface area contributed by atoms with Crippen LogP contribution in [0.3, 0.4) is 0 Å². The summed E-state index contributed by atoms with van der Waals surface area (Å²) < 4.78 is 0. The molecule has 13 heavy (non-hydrogen) atoms. The second-order valence-electron chi connectivity index (χ2n) is 3.38. The van der Waals surface area contributed by atoms with Crippen molar-refractivity contribution in [3.05, 3.63) is 0 Å². The summed E-state index contributed by atoms with van der Waals surface area (Å²) in [7, 11) is 0. The Balaban J connectivity index is 3.73. The Kier molecular flexibility index (Phi) is 6.54. The molecule has 0 saturated carbocycles. The summed E-state index contributed by atoms with van der Waals surface area (Å²) in [5.74, 6) is 0.199. The van der Waals surface area contributed by atoms with Gasteiger partial charge in [0, 0.05) is 0 Å². The molecule has 0 heterocycles. The molecule has 78 valence electrons. The fourth-order valence-corrected chi connectivity index (χ4v) is 0.919. The molecule has 0 fully saturated rings. The van der Waals surface area contributed by atoms with E-state index in [0.29, 0.717) is 6.54 Å². The lowest BCUT2D eigenvalue weighted by atomic mass is 10.1. The van der Waals surface area contributed by atoms with Gasteiger partial charge in [-0.15, -0.1) is 0 Å². The van der Waals surface area contributed by atoms with Gasteiger partial charge in [0.2, 0.25) is 5.91 Å². The second kappa shape index (κ2) is 6.86. The summed E-state index contributed by atoms with van der Waals surface area (Å²) >= 11 is 0. The fourth-order valence-electron chi connectivity index (χ4n) is 0.919. The van der Waals surface area contributed by atoms with Crippen molar-refractivity contribution >= 4 is 5.91 Å². The van der Waals surface area contributed by atoms with E-state index in [9.17, 15) is 4.79 Å². The van der Waals surface area contributed by atoms with Crippen LogP contribution in [0.1, 0.15) is 20.8 Å². The van der Waals surface area contributed by atoms with Gasteiger partial charge in [0.25, 0.3) is 0 Å². The van der Waals surface area contributed by atoms with Gasteiger partial charge >= 0.3 is 0 Å². The third kappa shape index (κ3) is 5.60. The molecule has 0 radical (unpaired) electrons. The highest BCUT2D eigenvalue weighted by atomic mass is 16.3. The SMILES string of the molecule is CCNCC(=O)NC(CO)C(C)C. The van der Waals surface area contributed by atoms with Gasteiger partial charge in [-0.25, -0.2) is 0 Å². The molecule has 1 unspecified atom stereocenters. The summed E-state index contributed by atoms with van der Waals surface area (Å²) in [5.41, 5.74) is 0. The number of hydrogen-bond acceptors (Lipinski definition) is 3. The van der Waals surface area contributed by atoms with E-state index in [0.717, 1.165) is 6.54 Å². The van der Waals surface area contributed by atoms with Crippen LogP contribution in [0.15, 0.2) is 0 Å². The number of aliphatic hydroxyl groups is 1. The molecular weight excluding hydrogens is 168 g/mol. The lowest BCUT2D eigenvalue weighted by Crippen LogP contribution is -2.44. The van der Waals surface area contributed by atoms with Gasteiger partial charge in [-0.05, 0) is 12.5 Å². The van der Waals surface area contributed by atoms with Crippen LogP contribution in [0.25, 0.3) is 0 Å². The van der Waals surface area contributed by atoms with Crippen molar-refractivity contribution in [2.45, 2.75) is 26.8 Å². The van der Waals surface area contributed by atoms with E-state index in [2.05, 4.69) is 10.6 Å². The number of amides is 1.